The van der Waals surface area contributed by atoms with Gasteiger partial charge in [0.2, 0.25) is 0 Å². The van der Waals surface area contributed by atoms with Gasteiger partial charge in [-0.25, -0.2) is 0 Å². The molecule has 0 atom stereocenters. The van der Waals surface area contributed by atoms with E-state index in [1.54, 1.807) is 0 Å². The summed E-state index contributed by atoms with van der Waals surface area (Å²) in [5.41, 5.74) is 0. The van der Waals surface area contributed by atoms with Gasteiger partial charge in [0.15, 0.2) is 0 Å². The molecule has 0 rings (SSSR count). The van der Waals surface area contributed by atoms with E-state index in [-0.39, 0.29) is 90.2 Å². The molecule has 3 nitrogen and oxygen atoms in total. The molecule has 6 N–H and O–H groups in total. The van der Waals surface area contributed by atoms with Crippen molar-refractivity contribution >= 4 is 0 Å². The first-order valence-electron chi connectivity index (χ1n) is 0. The molecule has 0 heterocycles. The third kappa shape index (κ3) is 22.3. The molecule has 0 aliphatic heterocycles. The van der Waals surface area contributed by atoms with Gasteiger partial charge in [-0.1, -0.05) is 0 Å². The average Bonchev–Trinajstić information content (AvgIpc) is 0. The molecule has 0 fully saturated rings. The zero-order chi connectivity index (χ0) is 0. The molecule has 0 amide bonds. The van der Waals surface area contributed by atoms with E-state index in [0.29, 0.717) is 0 Å². The fourth-order valence-electron chi connectivity index (χ4n) is 0. The molecule has 30 valence electrons. The Bertz CT molecular complexity index is 6.85. The summed E-state index contributed by atoms with van der Waals surface area (Å²) in [5, 5.41) is 0. The monoisotopic (exact) mass is 186 g/mol. The second kappa shape index (κ2) is 33.9. The van der Waals surface area contributed by atoms with Gasteiger partial charge in [0.1, 0.15) is 0 Å². The van der Waals surface area contributed by atoms with Crippen molar-refractivity contribution in [2.45, 2.75) is 0 Å². The van der Waals surface area contributed by atoms with Crippen LogP contribution in [0.3, 0.4) is 0 Å². The zero-order valence-electron chi connectivity index (χ0n) is 2.95. The van der Waals surface area contributed by atoms with Crippen molar-refractivity contribution in [2.75, 3.05) is 0 Å². The van der Waals surface area contributed by atoms with Crippen LogP contribution < -0.4 is 51.4 Å². The van der Waals surface area contributed by atoms with Gasteiger partial charge in [-0.2, -0.15) is 0 Å². The molecule has 0 bridgehead atoms. The second-order valence-electron chi connectivity index (χ2n) is 0. The van der Waals surface area contributed by atoms with Crippen molar-refractivity contribution in [3.63, 3.8) is 0 Å². The fraction of sp³-hybridized carbons (Fsp3) is 0. The molecule has 0 aromatic rings. The Labute approximate surface area is 88.4 Å². The predicted octanol–water partition coefficient (Wildman–Crippen LogP) is -5.47. The van der Waals surface area contributed by atoms with Gasteiger partial charge in [0.05, 0.1) is 0 Å². The van der Waals surface area contributed by atoms with Gasteiger partial charge < -0.3 is 38.8 Å². The molecule has 0 aromatic carbocycles. The molecular formula is H6KNbO3. The van der Waals surface area contributed by atoms with Crippen LogP contribution in [0.15, 0.2) is 0 Å². The van der Waals surface area contributed by atoms with Gasteiger partial charge in [-0.05, 0) is 0 Å². The van der Waals surface area contributed by atoms with E-state index in [1.165, 1.54) is 0 Å². The molecule has 5 heteroatoms. The Kier molecular flexibility index (Phi) is 379. The Morgan fingerprint density at radius 2 is 0.600 bits per heavy atom. The fourth-order valence-corrected chi connectivity index (χ4v) is 0. The van der Waals surface area contributed by atoms with Gasteiger partial charge in [0.25, 0.3) is 0 Å². The van der Waals surface area contributed by atoms with E-state index < -0.39 is 0 Å². The standard InChI is InChI=1S/K.Nb.3H2O/h;;3*1H2/q+1;-1;;;. The van der Waals surface area contributed by atoms with Crippen LogP contribution in [0.2, 0.25) is 0 Å². The minimum atomic E-state index is 0. The minimum Gasteiger partial charge on any atom is -1.00 e. The van der Waals surface area contributed by atoms with Crippen LogP contribution in [0.25, 0.3) is 0 Å². The van der Waals surface area contributed by atoms with Gasteiger partial charge in [-0.15, -0.1) is 0 Å². The van der Waals surface area contributed by atoms with Crippen molar-refractivity contribution in [3.05, 3.63) is 0 Å². The van der Waals surface area contributed by atoms with Crippen molar-refractivity contribution < 1.29 is 90.2 Å². The molecule has 0 aliphatic carbocycles. The molecule has 0 saturated heterocycles. The quantitative estimate of drug-likeness (QED) is 0.337. The van der Waals surface area contributed by atoms with Crippen LogP contribution >= 0.6 is 0 Å². The summed E-state index contributed by atoms with van der Waals surface area (Å²) in [4.78, 5) is 0. The number of rotatable bonds is 0. The van der Waals surface area contributed by atoms with Gasteiger partial charge in [0, 0.05) is 0 Å². The Balaban J connectivity index is 0. The summed E-state index contributed by atoms with van der Waals surface area (Å²) in [6.45, 7) is 0. The minimum absolute atomic E-state index is 0. The Morgan fingerprint density at radius 1 is 0.600 bits per heavy atom. The van der Waals surface area contributed by atoms with Crippen LogP contribution in [-0.2, 0) is 22.4 Å². The van der Waals surface area contributed by atoms with E-state index in [9.17, 15) is 0 Å². The SMILES string of the molecule is O.O.O.[K+].[Nb-]. The molecule has 0 aromatic heterocycles. The Hall–Kier alpha value is 2.26. The van der Waals surface area contributed by atoms with Crippen molar-refractivity contribution in [1.29, 1.82) is 0 Å². The summed E-state index contributed by atoms with van der Waals surface area (Å²) < 4.78 is 0. The van der Waals surface area contributed by atoms with E-state index in [1.807, 2.05) is 0 Å². The van der Waals surface area contributed by atoms with E-state index in [4.69, 9.17) is 0 Å². The van der Waals surface area contributed by atoms with Crippen LogP contribution in [0.5, 0.6) is 0 Å². The first-order chi connectivity index (χ1) is 0. The molecule has 0 saturated carbocycles. The van der Waals surface area contributed by atoms with Gasteiger partial charge in [-0.3, -0.25) is 0 Å². The largest absolute Gasteiger partial charge is 1.00 e. The van der Waals surface area contributed by atoms with Gasteiger partial charge >= 0.3 is 51.4 Å². The van der Waals surface area contributed by atoms with E-state index >= 15 is 0 Å². The maximum Gasteiger partial charge on any atom is 1.00 e. The molecule has 0 unspecified atom stereocenters. The molecule has 0 radical (unpaired) electrons. The topological polar surface area (TPSA) is 94.5 Å². The van der Waals surface area contributed by atoms with E-state index in [0.717, 1.165) is 0 Å². The summed E-state index contributed by atoms with van der Waals surface area (Å²) in [6.07, 6.45) is 0. The van der Waals surface area contributed by atoms with Crippen molar-refractivity contribution in [3.8, 4) is 0 Å². The predicted molar refractivity (Wildman–Crippen MR) is 10.8 cm³/mol. The molecular weight excluding hydrogens is 180 g/mol. The van der Waals surface area contributed by atoms with Crippen LogP contribution in [0, 0.1) is 0 Å². The summed E-state index contributed by atoms with van der Waals surface area (Å²) >= 11 is 0. The first kappa shape index (κ1) is 55.8. The summed E-state index contributed by atoms with van der Waals surface area (Å²) in [7, 11) is 0. The maximum atomic E-state index is 0. The third-order valence-electron chi connectivity index (χ3n) is 0. The molecule has 0 spiro atoms. The third-order valence-corrected chi connectivity index (χ3v) is 0. The first-order valence-corrected chi connectivity index (χ1v) is 0. The normalized spacial score (nSPS) is 0. The van der Waals surface area contributed by atoms with Crippen molar-refractivity contribution in [1.82, 2.24) is 0 Å². The summed E-state index contributed by atoms with van der Waals surface area (Å²) in [5.74, 6) is 0. The smallest absolute Gasteiger partial charge is 1.00 e. The van der Waals surface area contributed by atoms with Crippen LogP contribution in [0.1, 0.15) is 0 Å². The zero-order valence-corrected chi connectivity index (χ0v) is 8.27. The second-order valence-corrected chi connectivity index (χ2v) is 0. The Morgan fingerprint density at radius 3 is 0.600 bits per heavy atom. The number of hydrogen-bond donors (Lipinski definition) is 0. The van der Waals surface area contributed by atoms with Crippen LogP contribution in [0.4, 0.5) is 0 Å². The van der Waals surface area contributed by atoms with E-state index in [2.05, 4.69) is 0 Å². The van der Waals surface area contributed by atoms with Crippen LogP contribution in [-0.4, -0.2) is 16.4 Å². The maximum absolute atomic E-state index is 0. The number of hydrogen-bond acceptors (Lipinski definition) is 0. The molecule has 0 aliphatic rings. The molecule has 5 heavy (non-hydrogen) atoms. The summed E-state index contributed by atoms with van der Waals surface area (Å²) in [6, 6.07) is 0. The average molecular weight is 186 g/mol. The van der Waals surface area contributed by atoms with Crippen molar-refractivity contribution in [2.24, 2.45) is 0 Å².